The third-order valence-corrected chi connectivity index (χ3v) is 12.4. The highest BCUT2D eigenvalue weighted by Gasteiger charge is 2.61. The Morgan fingerprint density at radius 2 is 1.73 bits per heavy atom. The summed E-state index contributed by atoms with van der Waals surface area (Å²) in [6, 6.07) is 3.72. The Kier molecular flexibility index (Phi) is 14.1. The van der Waals surface area contributed by atoms with Crippen LogP contribution in [0.25, 0.3) is 11.4 Å². The Morgan fingerprint density at radius 1 is 1.05 bits per heavy atom. The van der Waals surface area contributed by atoms with Crippen molar-refractivity contribution < 1.29 is 52.4 Å². The molecular formula is C42H60FN7O10. The van der Waals surface area contributed by atoms with E-state index in [1.807, 2.05) is 25.9 Å². The van der Waals surface area contributed by atoms with E-state index in [1.54, 1.807) is 52.1 Å². The standard InChI is InChI=1S/C42H60FN7O10/c1-12-30-42(8)34(50(39(55)60-42)19-14-13-18-49-22-28(46-47-49)27-16-15-17-31(44)45-27)25(4)32(51)23(2)21-40(6,56-11)36(26(5)35(53)41(7,43)38(54)58-30)59-37-33(52)29(48(9)10)20-24(3)57-37/h15-17,22-26,29-30,33-34,36-37,52H,12,18-21H2,1-11H3,(H2,44,45)/t23-,24?,25+,26+,29?,30-,33?,34-,36-,37+,40-,41+,42-/m1/s1. The molecule has 5 heterocycles. The average Bonchev–Trinajstić information content (AvgIpc) is 3.78. The molecule has 2 aromatic rings. The van der Waals surface area contributed by atoms with Gasteiger partial charge in [-0.05, 0) is 73.2 Å². The van der Waals surface area contributed by atoms with Crippen LogP contribution in [0, 0.1) is 29.6 Å². The summed E-state index contributed by atoms with van der Waals surface area (Å²) in [6.07, 6.45) is -4.12. The minimum Gasteiger partial charge on any atom is -0.455 e. The quantitative estimate of drug-likeness (QED) is 0.222. The van der Waals surface area contributed by atoms with Crippen LogP contribution >= 0.6 is 0 Å². The van der Waals surface area contributed by atoms with E-state index in [9.17, 15) is 24.3 Å². The molecule has 0 bridgehead atoms. The van der Waals surface area contributed by atoms with Gasteiger partial charge in [0.2, 0.25) is 0 Å². The van der Waals surface area contributed by atoms with E-state index in [4.69, 9.17) is 29.4 Å². The summed E-state index contributed by atoms with van der Waals surface area (Å²) in [5, 5.41) is 19.6. The molecule has 330 valence electrons. The maximum absolute atomic E-state index is 16.9. The molecule has 60 heavy (non-hydrogen) atoms. The summed E-state index contributed by atoms with van der Waals surface area (Å²) in [7, 11) is 5.00. The second-order valence-corrected chi connectivity index (χ2v) is 17.1. The molecule has 18 heteroatoms. The zero-order valence-corrected chi connectivity index (χ0v) is 36.4. The van der Waals surface area contributed by atoms with Crippen molar-refractivity contribution in [2.24, 2.45) is 17.8 Å². The van der Waals surface area contributed by atoms with Gasteiger partial charge in [0.15, 0.2) is 17.7 Å². The zero-order chi connectivity index (χ0) is 44.5. The smallest absolute Gasteiger partial charge is 0.411 e. The number of fused-ring (bicyclic) bond motifs is 1. The summed E-state index contributed by atoms with van der Waals surface area (Å²) in [4.78, 5) is 64.0. The largest absolute Gasteiger partial charge is 0.455 e. The van der Waals surface area contributed by atoms with E-state index >= 15 is 4.39 Å². The van der Waals surface area contributed by atoms with Crippen LogP contribution < -0.4 is 5.73 Å². The number of alkyl halides is 1. The van der Waals surface area contributed by atoms with Crippen molar-refractivity contribution in [3.63, 3.8) is 0 Å². The van der Waals surface area contributed by atoms with Crippen molar-refractivity contribution in [2.45, 2.75) is 141 Å². The number of esters is 1. The lowest BCUT2D eigenvalue weighted by Gasteiger charge is -2.47. The minimum absolute atomic E-state index is 0.0357. The van der Waals surface area contributed by atoms with Gasteiger partial charge in [-0.3, -0.25) is 14.5 Å². The first-order valence-corrected chi connectivity index (χ1v) is 20.4. The third kappa shape index (κ3) is 9.20. The summed E-state index contributed by atoms with van der Waals surface area (Å²) in [5.74, 6) is 0.181. The number of methoxy groups -OCH3 is 1. The number of ketones is 2. The number of halogens is 1. The number of aliphatic hydroxyl groups excluding tert-OH is 1. The van der Waals surface area contributed by atoms with Gasteiger partial charge >= 0.3 is 12.1 Å². The van der Waals surface area contributed by atoms with Gasteiger partial charge in [0.05, 0.1) is 42.3 Å². The second kappa shape index (κ2) is 18.2. The first-order chi connectivity index (χ1) is 28.1. The number of pyridine rings is 1. The number of nitrogens with zero attached hydrogens (tertiary/aromatic N) is 6. The summed E-state index contributed by atoms with van der Waals surface area (Å²) >= 11 is 0. The number of nitrogen functional groups attached to an aromatic ring is 1. The lowest BCUT2D eigenvalue weighted by molar-refractivity contribution is -0.295. The number of aliphatic hydroxyl groups is 1. The Hall–Kier alpha value is -4.54. The van der Waals surface area contributed by atoms with E-state index in [-0.39, 0.29) is 43.9 Å². The van der Waals surface area contributed by atoms with Crippen LogP contribution in [0.2, 0.25) is 0 Å². The Balaban J connectivity index is 1.49. The summed E-state index contributed by atoms with van der Waals surface area (Å²) in [6.45, 7) is 12.1. The Labute approximate surface area is 350 Å². The predicted octanol–water partition coefficient (Wildman–Crippen LogP) is 3.22. The fourth-order valence-corrected chi connectivity index (χ4v) is 9.01. The van der Waals surface area contributed by atoms with Crippen molar-refractivity contribution in [3.05, 3.63) is 24.4 Å². The number of carbonyl (C=O) groups excluding carboxylic acids is 4. The van der Waals surface area contributed by atoms with Crippen LogP contribution in [0.15, 0.2) is 24.4 Å². The van der Waals surface area contributed by atoms with Gasteiger partial charge in [-0.15, -0.1) is 5.10 Å². The van der Waals surface area contributed by atoms with Crippen LogP contribution in [-0.2, 0) is 44.6 Å². The first kappa shape index (κ1) is 46.5. The van der Waals surface area contributed by atoms with Gasteiger partial charge in [0.25, 0.3) is 5.67 Å². The fraction of sp³-hybridized carbons (Fsp3) is 0.690. The number of ether oxygens (including phenoxy) is 5. The molecular weight excluding hydrogens is 781 g/mol. The molecule has 1 amide bonds. The molecule has 2 aromatic heterocycles. The van der Waals surface area contributed by atoms with E-state index in [0.29, 0.717) is 23.6 Å². The predicted molar refractivity (Wildman–Crippen MR) is 215 cm³/mol. The monoisotopic (exact) mass is 841 g/mol. The van der Waals surface area contributed by atoms with Crippen LogP contribution in [-0.4, -0.2) is 146 Å². The number of cyclic esters (lactones) is 1. The van der Waals surface area contributed by atoms with Crippen LogP contribution in [0.1, 0.15) is 74.7 Å². The topological polar surface area (TPSA) is 211 Å². The van der Waals surface area contributed by atoms with Crippen molar-refractivity contribution in [1.82, 2.24) is 29.8 Å². The first-order valence-electron chi connectivity index (χ1n) is 20.4. The molecule has 13 atom stereocenters. The highest BCUT2D eigenvalue weighted by atomic mass is 19.1. The Morgan fingerprint density at radius 3 is 2.37 bits per heavy atom. The normalized spacial score (nSPS) is 36.9. The van der Waals surface area contributed by atoms with Gasteiger partial charge in [-0.1, -0.05) is 50.8 Å². The highest BCUT2D eigenvalue weighted by Crippen LogP contribution is 2.43. The molecule has 0 saturated carbocycles. The molecule has 3 saturated heterocycles. The van der Waals surface area contributed by atoms with Gasteiger partial charge < -0.3 is 39.4 Å². The molecule has 3 fully saturated rings. The van der Waals surface area contributed by atoms with Gasteiger partial charge in [-0.25, -0.2) is 23.6 Å². The van der Waals surface area contributed by atoms with E-state index in [0.717, 1.165) is 6.92 Å². The number of aromatic nitrogens is 4. The molecule has 3 aliphatic heterocycles. The van der Waals surface area contributed by atoms with Crippen molar-refractivity contribution in [3.8, 4) is 23.2 Å². The molecule has 3 unspecified atom stereocenters. The lowest BCUT2D eigenvalue weighted by Crippen LogP contribution is -2.61. The number of Topliss-reactive ketones (excluding diaryl/α,β-unsaturated/α-hetero) is 2. The van der Waals surface area contributed by atoms with Crippen LogP contribution in [0.3, 0.4) is 0 Å². The number of carbonyl (C=O) groups is 4. The summed E-state index contributed by atoms with van der Waals surface area (Å²) < 4.78 is 48.8. The molecule has 0 aromatic carbocycles. The number of likely N-dealkylation sites (N-methyl/N-ethyl adjacent to an activating group) is 1. The molecule has 17 nitrogen and oxygen atoms in total. The Bertz CT molecular complexity index is 1970. The van der Waals surface area contributed by atoms with Gasteiger partial charge in [0.1, 0.15) is 36.0 Å². The number of hydrogen-bond donors (Lipinski definition) is 2. The number of rotatable bonds is 8. The molecule has 0 spiro atoms. The fourth-order valence-electron chi connectivity index (χ4n) is 9.01. The SMILES string of the molecule is CC[C@H]1OC(=O)[C@@](C)(F)C(=O)[C@H](C)[C@@H](O[C@@H]2OC(C)CC(N(C)C)C2O)[C@](C)(OC)C[C@@H](C)C(=O)[C@H](C)[C@H]2N(CC#CCn3cc(-c4cccc(N)n4)nn3)C(=O)O[C@]12C. The number of hydrogen-bond acceptors (Lipinski definition) is 15. The lowest BCUT2D eigenvalue weighted by atomic mass is 9.73. The molecule has 0 aliphatic carbocycles. The highest BCUT2D eigenvalue weighted by molar-refractivity contribution is 6.08. The molecule has 3 N–H and O–H groups in total. The maximum atomic E-state index is 16.9. The van der Waals surface area contributed by atoms with E-state index in [2.05, 4.69) is 27.1 Å². The minimum atomic E-state index is -3.21. The zero-order valence-electron chi connectivity index (χ0n) is 36.4. The second-order valence-electron chi connectivity index (χ2n) is 17.1. The van der Waals surface area contributed by atoms with E-state index in [1.165, 1.54) is 30.5 Å². The number of nitrogens with two attached hydrogens (primary N) is 1. The van der Waals surface area contributed by atoms with Crippen molar-refractivity contribution in [1.29, 1.82) is 0 Å². The van der Waals surface area contributed by atoms with Crippen LogP contribution in [0.5, 0.6) is 0 Å². The molecule has 3 aliphatic rings. The van der Waals surface area contributed by atoms with Gasteiger partial charge in [-0.2, -0.15) is 0 Å². The average molecular weight is 842 g/mol. The van der Waals surface area contributed by atoms with Crippen molar-refractivity contribution >= 4 is 29.4 Å². The summed E-state index contributed by atoms with van der Waals surface area (Å²) in [5.41, 5.74) is 0.449. The molecule has 5 rings (SSSR count). The van der Waals surface area contributed by atoms with Gasteiger partial charge in [0, 0.05) is 30.9 Å². The number of anilines is 1. The maximum Gasteiger partial charge on any atom is 0.411 e. The number of amides is 1. The van der Waals surface area contributed by atoms with E-state index < -0.39 is 83.1 Å². The van der Waals surface area contributed by atoms with Crippen molar-refractivity contribution in [2.75, 3.05) is 33.5 Å². The third-order valence-electron chi connectivity index (χ3n) is 12.4. The van der Waals surface area contributed by atoms with Crippen LogP contribution in [0.4, 0.5) is 15.0 Å². The molecule has 0 radical (unpaired) electrons.